The molecule has 2 bridgehead atoms. The predicted octanol–water partition coefficient (Wildman–Crippen LogP) is 5.00. The summed E-state index contributed by atoms with van der Waals surface area (Å²) in [6.07, 6.45) is 14.5. The highest BCUT2D eigenvalue weighted by atomic mass is 16.7. The minimum Gasteiger partial charge on any atom is -0.363 e. The van der Waals surface area contributed by atoms with Crippen molar-refractivity contribution in [2.45, 2.75) is 84.4 Å². The maximum absolute atomic E-state index is 13.0. The van der Waals surface area contributed by atoms with E-state index in [4.69, 9.17) is 14.2 Å². The Morgan fingerprint density at radius 3 is 2.73 bits per heavy atom. The summed E-state index contributed by atoms with van der Waals surface area (Å²) in [5, 5.41) is 0. The third-order valence-corrected chi connectivity index (χ3v) is 8.75. The monoisotopic (exact) mass is 412 g/mol. The largest absolute Gasteiger partial charge is 0.363 e. The van der Waals surface area contributed by atoms with Gasteiger partial charge in [0.15, 0.2) is 12.1 Å². The van der Waals surface area contributed by atoms with E-state index in [0.29, 0.717) is 11.7 Å². The summed E-state index contributed by atoms with van der Waals surface area (Å²) < 4.78 is 17.9. The van der Waals surface area contributed by atoms with Crippen molar-refractivity contribution < 1.29 is 19.0 Å². The molecule has 0 aromatic heterocycles. The normalized spacial score (nSPS) is 47.1. The number of carbonyl (C=O) groups excluding carboxylic acids is 1. The van der Waals surface area contributed by atoms with Crippen LogP contribution in [0.4, 0.5) is 0 Å². The van der Waals surface area contributed by atoms with Crippen LogP contribution in [0.25, 0.3) is 0 Å². The maximum Gasteiger partial charge on any atom is 0.159 e. The minimum absolute atomic E-state index is 0.00936. The first-order valence-corrected chi connectivity index (χ1v) is 11.7. The van der Waals surface area contributed by atoms with E-state index in [2.05, 4.69) is 45.9 Å². The van der Waals surface area contributed by atoms with Gasteiger partial charge in [-0.3, -0.25) is 4.79 Å². The second-order valence-corrected chi connectivity index (χ2v) is 11.1. The van der Waals surface area contributed by atoms with Gasteiger partial charge in [-0.2, -0.15) is 0 Å². The smallest absolute Gasteiger partial charge is 0.159 e. The average molecular weight is 413 g/mol. The van der Waals surface area contributed by atoms with Crippen molar-refractivity contribution in [3.8, 4) is 0 Å². The van der Waals surface area contributed by atoms with E-state index >= 15 is 0 Å². The maximum atomic E-state index is 13.0. The zero-order chi connectivity index (χ0) is 21.3. The van der Waals surface area contributed by atoms with E-state index in [1.165, 1.54) is 17.6 Å². The fourth-order valence-corrected chi connectivity index (χ4v) is 7.52. The lowest BCUT2D eigenvalue weighted by Gasteiger charge is -2.55. The molecule has 0 radical (unpaired) electrons. The van der Waals surface area contributed by atoms with Crippen LogP contribution >= 0.6 is 0 Å². The van der Waals surface area contributed by atoms with Gasteiger partial charge < -0.3 is 14.2 Å². The molecule has 2 aliphatic carbocycles. The van der Waals surface area contributed by atoms with E-state index in [9.17, 15) is 4.79 Å². The molecule has 0 amide bonds. The Balaban J connectivity index is 1.41. The summed E-state index contributed by atoms with van der Waals surface area (Å²) in [4.78, 5) is 13.0. The molecule has 3 heterocycles. The molecule has 3 aliphatic heterocycles. The topological polar surface area (TPSA) is 44.8 Å². The molecule has 0 spiro atoms. The zero-order valence-electron chi connectivity index (χ0n) is 19.0. The summed E-state index contributed by atoms with van der Waals surface area (Å²) in [5.74, 6) is 1.16. The van der Waals surface area contributed by atoms with Gasteiger partial charge in [0.1, 0.15) is 6.10 Å². The molecule has 4 heteroatoms. The van der Waals surface area contributed by atoms with E-state index < -0.39 is 0 Å². The van der Waals surface area contributed by atoms with Crippen molar-refractivity contribution in [3.05, 3.63) is 35.5 Å². The van der Waals surface area contributed by atoms with Gasteiger partial charge in [0, 0.05) is 24.9 Å². The highest BCUT2D eigenvalue weighted by molar-refractivity contribution is 5.95. The summed E-state index contributed by atoms with van der Waals surface area (Å²) in [6, 6.07) is 0. The summed E-state index contributed by atoms with van der Waals surface area (Å²) >= 11 is 0. The molecule has 3 fully saturated rings. The van der Waals surface area contributed by atoms with E-state index in [1.807, 2.05) is 6.08 Å². The van der Waals surface area contributed by atoms with Crippen molar-refractivity contribution in [2.24, 2.45) is 28.6 Å². The van der Waals surface area contributed by atoms with Crippen LogP contribution in [0.3, 0.4) is 0 Å². The quantitative estimate of drug-likeness (QED) is 0.655. The first-order valence-electron chi connectivity index (χ1n) is 11.7. The molecule has 5 rings (SSSR count). The Hall–Kier alpha value is -1.23. The Kier molecular flexibility index (Phi) is 4.92. The number of ketones is 1. The van der Waals surface area contributed by atoms with Crippen molar-refractivity contribution in [1.29, 1.82) is 0 Å². The van der Waals surface area contributed by atoms with Crippen molar-refractivity contribution in [1.82, 2.24) is 0 Å². The number of rotatable bonds is 3. The van der Waals surface area contributed by atoms with Gasteiger partial charge in [-0.15, -0.1) is 0 Å². The van der Waals surface area contributed by atoms with Crippen LogP contribution in [-0.4, -0.2) is 37.5 Å². The van der Waals surface area contributed by atoms with Crippen LogP contribution in [0.2, 0.25) is 0 Å². The standard InChI is InChI=1S/C26H36O4/c1-15-13-19(27)24-25(2,3)11-6-12-26(24,4)18(15)9-7-16-14-20-17-8-10-21(28-5)30-23(17)22(16)29-20/h7,9,13-14,17-18,20-24H,6,8,10-12H2,1-5H3/b9-7+/t17?,18-,20?,21?,22?,23?,24-,26+/m0/s1. The fraction of sp³-hybridized carbons (Fsp3) is 0.731. The SMILES string of the molecule is COC1CCC2C3C=C(/C=C/[C@H]4C(C)=CC(=O)[C@H]5C(C)(C)CCC[C@]45C)C(O3)C2O1. The number of hydrogen-bond acceptors (Lipinski definition) is 4. The second kappa shape index (κ2) is 7.15. The molecule has 5 unspecified atom stereocenters. The number of fused-ring (bicyclic) bond motifs is 6. The molecule has 164 valence electrons. The van der Waals surface area contributed by atoms with Crippen molar-refractivity contribution in [2.75, 3.05) is 7.11 Å². The number of methoxy groups -OCH3 is 1. The third kappa shape index (κ3) is 3.02. The molecular formula is C26H36O4. The molecule has 8 atom stereocenters. The van der Waals surface area contributed by atoms with Crippen LogP contribution in [-0.2, 0) is 19.0 Å². The third-order valence-electron chi connectivity index (χ3n) is 8.75. The Bertz CT molecular complexity index is 821. The molecule has 0 N–H and O–H groups in total. The lowest BCUT2D eigenvalue weighted by atomic mass is 9.48. The molecule has 5 aliphatic rings. The highest BCUT2D eigenvalue weighted by Gasteiger charge is 2.55. The molecule has 4 nitrogen and oxygen atoms in total. The molecule has 0 aromatic carbocycles. The molecule has 2 saturated heterocycles. The van der Waals surface area contributed by atoms with Crippen LogP contribution in [0.1, 0.15) is 59.8 Å². The van der Waals surface area contributed by atoms with Crippen LogP contribution in [0.15, 0.2) is 35.5 Å². The number of ether oxygens (including phenoxy) is 3. The first-order chi connectivity index (χ1) is 14.2. The average Bonchev–Trinajstić information content (AvgIpc) is 3.25. The van der Waals surface area contributed by atoms with Gasteiger partial charge in [-0.05, 0) is 61.2 Å². The Labute approximate surface area is 180 Å². The fourth-order valence-electron chi connectivity index (χ4n) is 7.52. The Morgan fingerprint density at radius 1 is 1.17 bits per heavy atom. The number of carbonyl (C=O) groups is 1. The van der Waals surface area contributed by atoms with E-state index in [-0.39, 0.29) is 47.3 Å². The summed E-state index contributed by atoms with van der Waals surface area (Å²) in [7, 11) is 1.72. The first kappa shape index (κ1) is 20.7. The van der Waals surface area contributed by atoms with Gasteiger partial charge in [0.25, 0.3) is 0 Å². The Morgan fingerprint density at radius 2 is 1.97 bits per heavy atom. The second-order valence-electron chi connectivity index (χ2n) is 11.1. The van der Waals surface area contributed by atoms with Crippen LogP contribution < -0.4 is 0 Å². The number of allylic oxidation sites excluding steroid dienone is 3. The van der Waals surface area contributed by atoms with Gasteiger partial charge >= 0.3 is 0 Å². The van der Waals surface area contributed by atoms with Gasteiger partial charge in [0.2, 0.25) is 0 Å². The van der Waals surface area contributed by atoms with Crippen molar-refractivity contribution >= 4 is 5.78 Å². The summed E-state index contributed by atoms with van der Waals surface area (Å²) in [5.41, 5.74) is 2.47. The van der Waals surface area contributed by atoms with Crippen molar-refractivity contribution in [3.63, 3.8) is 0 Å². The highest BCUT2D eigenvalue weighted by Crippen LogP contribution is 2.59. The zero-order valence-corrected chi connectivity index (χ0v) is 19.0. The van der Waals surface area contributed by atoms with E-state index in [0.717, 1.165) is 25.7 Å². The van der Waals surface area contributed by atoms with Crippen LogP contribution in [0, 0.1) is 28.6 Å². The number of hydrogen-bond donors (Lipinski definition) is 0. The molecule has 30 heavy (non-hydrogen) atoms. The van der Waals surface area contributed by atoms with Crippen LogP contribution in [0.5, 0.6) is 0 Å². The molecule has 0 aromatic rings. The summed E-state index contributed by atoms with van der Waals surface area (Å²) in [6.45, 7) is 9.03. The lowest BCUT2D eigenvalue weighted by molar-refractivity contribution is -0.195. The van der Waals surface area contributed by atoms with E-state index in [1.54, 1.807) is 7.11 Å². The van der Waals surface area contributed by atoms with Gasteiger partial charge in [-0.25, -0.2) is 0 Å². The lowest BCUT2D eigenvalue weighted by Crippen LogP contribution is -2.52. The minimum atomic E-state index is -0.113. The molecule has 1 saturated carbocycles. The molecular weight excluding hydrogens is 376 g/mol. The predicted molar refractivity (Wildman–Crippen MR) is 116 cm³/mol. The van der Waals surface area contributed by atoms with Gasteiger partial charge in [-0.1, -0.05) is 44.9 Å². The van der Waals surface area contributed by atoms with Gasteiger partial charge in [0.05, 0.1) is 12.2 Å².